The van der Waals surface area contributed by atoms with E-state index in [1.165, 1.54) is 5.56 Å². The summed E-state index contributed by atoms with van der Waals surface area (Å²) in [6, 6.07) is 26.0. The molecule has 0 aliphatic heterocycles. The molecule has 4 aromatic rings. The third-order valence-electron chi connectivity index (χ3n) is 6.27. The quantitative estimate of drug-likeness (QED) is 0.293. The van der Waals surface area contributed by atoms with Gasteiger partial charge in [0, 0.05) is 18.1 Å². The smallest absolute Gasteiger partial charge is 0.327 e. The van der Waals surface area contributed by atoms with Crippen LogP contribution in [0.1, 0.15) is 35.9 Å². The Bertz CT molecular complexity index is 1310. The SMILES string of the molecule is Cc1oc(-c2ccc(-c3ccccc3)cc2)nc1CCOc1[c]c(C(N)C(=O)OCC2CC2)ccc1. The Hall–Kier alpha value is -3.90. The summed E-state index contributed by atoms with van der Waals surface area (Å²) in [6.07, 6.45) is 2.81. The van der Waals surface area contributed by atoms with Crippen molar-refractivity contribution in [3.63, 3.8) is 0 Å². The third-order valence-corrected chi connectivity index (χ3v) is 6.27. The Kier molecular flexibility index (Phi) is 7.14. The van der Waals surface area contributed by atoms with Crippen LogP contribution in [0.15, 0.2) is 77.2 Å². The maximum absolute atomic E-state index is 12.2. The largest absolute Gasteiger partial charge is 0.493 e. The predicted molar refractivity (Wildman–Crippen MR) is 137 cm³/mol. The van der Waals surface area contributed by atoms with Gasteiger partial charge in [0.25, 0.3) is 0 Å². The Morgan fingerprint density at radius 3 is 2.50 bits per heavy atom. The first kappa shape index (κ1) is 23.8. The topological polar surface area (TPSA) is 87.6 Å². The molecule has 0 saturated heterocycles. The molecule has 1 aromatic heterocycles. The monoisotopic (exact) mass is 481 g/mol. The minimum absolute atomic E-state index is 0.390. The molecule has 6 nitrogen and oxygen atoms in total. The second-order valence-electron chi connectivity index (χ2n) is 9.09. The second-order valence-corrected chi connectivity index (χ2v) is 9.09. The fourth-order valence-corrected chi connectivity index (χ4v) is 3.91. The van der Waals surface area contributed by atoms with Crippen LogP contribution < -0.4 is 10.5 Å². The number of ether oxygens (including phenoxy) is 2. The van der Waals surface area contributed by atoms with Crippen molar-refractivity contribution in [2.75, 3.05) is 13.2 Å². The lowest BCUT2D eigenvalue weighted by molar-refractivity contribution is -0.145. The van der Waals surface area contributed by atoms with Crippen molar-refractivity contribution in [2.24, 2.45) is 11.7 Å². The van der Waals surface area contributed by atoms with Crippen molar-refractivity contribution in [2.45, 2.75) is 32.2 Å². The molecule has 6 heteroatoms. The van der Waals surface area contributed by atoms with Crippen molar-refractivity contribution in [3.05, 3.63) is 95.9 Å². The van der Waals surface area contributed by atoms with Crippen molar-refractivity contribution < 1.29 is 18.7 Å². The molecule has 0 amide bonds. The summed E-state index contributed by atoms with van der Waals surface area (Å²) < 4.78 is 17.1. The van der Waals surface area contributed by atoms with E-state index < -0.39 is 12.0 Å². The van der Waals surface area contributed by atoms with Crippen LogP contribution in [-0.2, 0) is 16.0 Å². The molecule has 36 heavy (non-hydrogen) atoms. The van der Waals surface area contributed by atoms with Crippen LogP contribution >= 0.6 is 0 Å². The van der Waals surface area contributed by atoms with E-state index in [0.717, 1.165) is 35.4 Å². The van der Waals surface area contributed by atoms with Crippen LogP contribution in [0.25, 0.3) is 22.6 Å². The van der Waals surface area contributed by atoms with E-state index in [-0.39, 0.29) is 0 Å². The lowest BCUT2D eigenvalue weighted by atomic mass is 10.0. The standard InChI is InChI=1S/C30H29N2O4/c1-20-27(32-29(36-20)24-14-12-23(13-15-24)22-6-3-2-4-7-22)16-17-34-26-9-5-8-25(18-26)28(31)30(33)35-19-21-10-11-21/h2-9,12-15,21,28H,10-11,16-17,19,31H2,1H3. The van der Waals surface area contributed by atoms with Crippen LogP contribution in [0.5, 0.6) is 5.75 Å². The average Bonchev–Trinajstić information content (AvgIpc) is 3.68. The highest BCUT2D eigenvalue weighted by atomic mass is 16.5. The van der Waals surface area contributed by atoms with E-state index in [9.17, 15) is 4.79 Å². The van der Waals surface area contributed by atoms with Crippen LogP contribution in [0.4, 0.5) is 0 Å². The number of nitrogens with zero attached hydrogens (tertiary/aromatic N) is 1. The fraction of sp³-hybridized carbons (Fsp3) is 0.267. The van der Waals surface area contributed by atoms with E-state index in [2.05, 4.69) is 35.3 Å². The highest BCUT2D eigenvalue weighted by Gasteiger charge is 2.25. The number of aromatic nitrogens is 1. The zero-order chi connectivity index (χ0) is 24.9. The number of nitrogens with two attached hydrogens (primary N) is 1. The Morgan fingerprint density at radius 2 is 1.75 bits per heavy atom. The number of esters is 1. The maximum Gasteiger partial charge on any atom is 0.327 e. The van der Waals surface area contributed by atoms with Gasteiger partial charge in [0.1, 0.15) is 17.6 Å². The number of rotatable bonds is 10. The van der Waals surface area contributed by atoms with Gasteiger partial charge < -0.3 is 19.6 Å². The summed E-state index contributed by atoms with van der Waals surface area (Å²) in [7, 11) is 0. The van der Waals surface area contributed by atoms with Crippen LogP contribution in [0.2, 0.25) is 0 Å². The van der Waals surface area contributed by atoms with Crippen molar-refractivity contribution in [1.29, 1.82) is 0 Å². The minimum Gasteiger partial charge on any atom is -0.493 e. The summed E-state index contributed by atoms with van der Waals surface area (Å²) in [5, 5.41) is 0. The molecule has 1 radical (unpaired) electrons. The molecule has 1 fully saturated rings. The minimum atomic E-state index is -0.874. The number of aryl methyl sites for hydroxylation is 1. The normalized spacial score (nSPS) is 13.8. The average molecular weight is 482 g/mol. The van der Waals surface area contributed by atoms with Gasteiger partial charge in [-0.2, -0.15) is 0 Å². The predicted octanol–water partition coefficient (Wildman–Crippen LogP) is 5.69. The number of hydrogen-bond donors (Lipinski definition) is 1. The maximum atomic E-state index is 12.2. The lowest BCUT2D eigenvalue weighted by Gasteiger charge is -2.13. The molecule has 183 valence electrons. The van der Waals surface area contributed by atoms with E-state index in [1.807, 2.05) is 37.3 Å². The number of carbonyl (C=O) groups is 1. The van der Waals surface area contributed by atoms with Gasteiger partial charge in [-0.3, -0.25) is 0 Å². The molecule has 2 N–H and O–H groups in total. The van der Waals surface area contributed by atoms with Crippen molar-refractivity contribution in [1.82, 2.24) is 4.98 Å². The van der Waals surface area contributed by atoms with Gasteiger partial charge in [-0.05, 0) is 60.6 Å². The van der Waals surface area contributed by atoms with Gasteiger partial charge in [0.05, 0.1) is 18.9 Å². The van der Waals surface area contributed by atoms with Gasteiger partial charge in [0.2, 0.25) is 5.89 Å². The van der Waals surface area contributed by atoms with Gasteiger partial charge in [-0.15, -0.1) is 0 Å². The first-order valence-corrected chi connectivity index (χ1v) is 12.3. The van der Waals surface area contributed by atoms with Crippen LogP contribution in [0.3, 0.4) is 0 Å². The van der Waals surface area contributed by atoms with Gasteiger partial charge in [-0.1, -0.05) is 54.6 Å². The van der Waals surface area contributed by atoms with Crippen molar-refractivity contribution in [3.8, 4) is 28.3 Å². The summed E-state index contributed by atoms with van der Waals surface area (Å²) in [5.41, 5.74) is 10.7. The Labute approximate surface area is 211 Å². The highest BCUT2D eigenvalue weighted by Crippen LogP contribution is 2.29. The zero-order valence-electron chi connectivity index (χ0n) is 20.3. The number of carbonyl (C=O) groups excluding carboxylic acids is 1. The number of oxazole rings is 1. The third kappa shape index (κ3) is 5.83. The first-order chi connectivity index (χ1) is 17.6. The molecule has 1 aliphatic rings. The summed E-state index contributed by atoms with van der Waals surface area (Å²) >= 11 is 0. The van der Waals surface area contributed by atoms with Crippen molar-refractivity contribution >= 4 is 5.97 Å². The summed E-state index contributed by atoms with van der Waals surface area (Å²) in [6.45, 7) is 2.74. The van der Waals surface area contributed by atoms with E-state index >= 15 is 0 Å². The van der Waals surface area contributed by atoms with Gasteiger partial charge in [-0.25, -0.2) is 9.78 Å². The second kappa shape index (κ2) is 10.8. The van der Waals surface area contributed by atoms with Crippen LogP contribution in [-0.4, -0.2) is 24.2 Å². The fourth-order valence-electron chi connectivity index (χ4n) is 3.91. The molecule has 1 heterocycles. The zero-order valence-corrected chi connectivity index (χ0v) is 20.3. The Morgan fingerprint density at radius 1 is 1.03 bits per heavy atom. The lowest BCUT2D eigenvalue weighted by Crippen LogP contribution is -2.24. The summed E-state index contributed by atoms with van der Waals surface area (Å²) in [4.78, 5) is 16.9. The van der Waals surface area contributed by atoms with Gasteiger partial charge >= 0.3 is 5.97 Å². The first-order valence-electron chi connectivity index (χ1n) is 12.3. The van der Waals surface area contributed by atoms with E-state index in [0.29, 0.717) is 42.8 Å². The molecule has 5 rings (SSSR count). The number of hydrogen-bond acceptors (Lipinski definition) is 6. The molecule has 0 bridgehead atoms. The molecule has 1 aliphatic carbocycles. The molecule has 1 unspecified atom stereocenters. The molecule has 3 aromatic carbocycles. The van der Waals surface area contributed by atoms with Gasteiger partial charge in [0.15, 0.2) is 0 Å². The summed E-state index contributed by atoms with van der Waals surface area (Å²) in [5.74, 6) is 1.94. The molecule has 0 spiro atoms. The van der Waals surface area contributed by atoms with Crippen LogP contribution in [0, 0.1) is 18.9 Å². The van der Waals surface area contributed by atoms with E-state index in [1.54, 1.807) is 18.2 Å². The highest BCUT2D eigenvalue weighted by molar-refractivity contribution is 5.77. The number of benzene rings is 3. The molecule has 1 saturated carbocycles. The molecule has 1 atom stereocenters. The van der Waals surface area contributed by atoms with E-state index in [4.69, 9.17) is 19.6 Å². The molecular weight excluding hydrogens is 452 g/mol. The molecular formula is C30H29N2O4. The Balaban J connectivity index is 1.17.